The Bertz CT molecular complexity index is 847. The Labute approximate surface area is 198 Å². The minimum atomic E-state index is -2.85. The molecule has 3 rings (SSSR count). The monoisotopic (exact) mass is 602 g/mol. The number of methoxy groups -OCH3 is 1. The number of hydrogen-bond acceptors (Lipinski definition) is 5. The van der Waals surface area contributed by atoms with E-state index in [1.54, 1.807) is 7.11 Å². The Morgan fingerprint density at radius 1 is 0.968 bits per heavy atom. The third-order valence-corrected chi connectivity index (χ3v) is 20.5. The summed E-state index contributed by atoms with van der Waals surface area (Å²) >= 11 is -2.86. The molecule has 7 heteroatoms. The molecule has 0 aliphatic carbocycles. The number of rotatable bonds is 12. The molecule has 0 fully saturated rings. The molecule has 172 valence electrons. The summed E-state index contributed by atoms with van der Waals surface area (Å²) in [5, 5.41) is 4.39. The predicted octanol–water partition coefficient (Wildman–Crippen LogP) is 6.56. The van der Waals surface area contributed by atoms with Gasteiger partial charge in [0.1, 0.15) is 0 Å². The predicted molar refractivity (Wildman–Crippen MR) is 130 cm³/mol. The molecule has 1 aliphatic rings. The average molecular weight is 600 g/mol. The van der Waals surface area contributed by atoms with Gasteiger partial charge in [0.15, 0.2) is 0 Å². The van der Waals surface area contributed by atoms with Gasteiger partial charge in [-0.25, -0.2) is 0 Å². The zero-order valence-corrected chi connectivity index (χ0v) is 24.6. The third-order valence-electron chi connectivity index (χ3n) is 6.22. The summed E-state index contributed by atoms with van der Waals surface area (Å²) in [6, 6.07) is 4.20. The number of unbranched alkanes of at least 4 members (excludes halogenated alkanes) is 3. The van der Waals surface area contributed by atoms with Gasteiger partial charge >= 0.3 is 200 Å². The Balaban J connectivity index is 2.02. The van der Waals surface area contributed by atoms with Crippen LogP contribution in [0.25, 0.3) is 10.0 Å². The normalized spacial score (nSPS) is 14.5. The van der Waals surface area contributed by atoms with Gasteiger partial charge in [0, 0.05) is 0 Å². The second kappa shape index (κ2) is 10.9. The fourth-order valence-corrected chi connectivity index (χ4v) is 19.5. The molecular weight excluding hydrogens is 562 g/mol. The van der Waals surface area contributed by atoms with Gasteiger partial charge in [0.25, 0.3) is 0 Å². The summed E-state index contributed by atoms with van der Waals surface area (Å²) < 4.78 is 28.8. The molecule has 1 aromatic heterocycles. The van der Waals surface area contributed by atoms with E-state index < -0.39 is 24.4 Å². The summed E-state index contributed by atoms with van der Waals surface area (Å²) in [6.45, 7) is 11.0. The van der Waals surface area contributed by atoms with Crippen LogP contribution in [0.2, 0.25) is 13.3 Å². The van der Waals surface area contributed by atoms with Crippen LogP contribution in [0.4, 0.5) is 0 Å². The Hall–Kier alpha value is -0.722. The molecule has 0 atom stereocenters. The first-order chi connectivity index (χ1) is 14.9. The van der Waals surface area contributed by atoms with Crippen molar-refractivity contribution in [3.63, 3.8) is 0 Å². The van der Waals surface area contributed by atoms with Crippen molar-refractivity contribution >= 4 is 33.5 Å². The second-order valence-electron chi connectivity index (χ2n) is 9.16. The second-order valence-corrected chi connectivity index (χ2v) is 22.4. The van der Waals surface area contributed by atoms with E-state index in [1.807, 2.05) is 0 Å². The van der Waals surface area contributed by atoms with E-state index in [1.165, 1.54) is 56.3 Å². The number of aromatic nitrogens is 2. The molecule has 0 saturated carbocycles. The van der Waals surface area contributed by atoms with E-state index >= 15 is 0 Å². The molecule has 2 heterocycles. The van der Waals surface area contributed by atoms with Gasteiger partial charge < -0.3 is 0 Å². The topological polar surface area (TPSA) is 53.5 Å². The molecule has 5 nitrogen and oxygen atoms in total. The summed E-state index contributed by atoms with van der Waals surface area (Å²) in [4.78, 5) is 0. The van der Waals surface area contributed by atoms with Crippen molar-refractivity contribution in [2.75, 3.05) is 7.11 Å². The molecule has 31 heavy (non-hydrogen) atoms. The Morgan fingerprint density at radius 3 is 2.13 bits per heavy atom. The van der Waals surface area contributed by atoms with E-state index in [-0.39, 0.29) is 14.7 Å². The van der Waals surface area contributed by atoms with Crippen LogP contribution in [0, 0.1) is 0 Å². The van der Waals surface area contributed by atoms with Gasteiger partial charge in [-0.05, 0) is 0 Å². The number of fused-ring (bicyclic) bond motifs is 3. The summed E-state index contributed by atoms with van der Waals surface area (Å²) in [5.74, 6) is 2.59. The van der Waals surface area contributed by atoms with Gasteiger partial charge in [-0.1, -0.05) is 0 Å². The van der Waals surface area contributed by atoms with Crippen LogP contribution in [0.1, 0.15) is 78.8 Å². The number of hydrogen-bond donors (Lipinski definition) is 0. The van der Waals surface area contributed by atoms with Gasteiger partial charge in [0.05, 0.1) is 0 Å². The van der Waals surface area contributed by atoms with Gasteiger partial charge in [-0.2, -0.15) is 0 Å². The van der Waals surface area contributed by atoms with Gasteiger partial charge in [-0.15, -0.1) is 0 Å². The number of benzene rings is 1. The quantitative estimate of drug-likeness (QED) is 0.259. The number of ether oxygens (including phenoxy) is 2. The van der Waals surface area contributed by atoms with Crippen LogP contribution in [0.3, 0.4) is 0 Å². The third kappa shape index (κ3) is 5.62. The molecule has 1 aromatic carbocycles. The van der Waals surface area contributed by atoms with Crippen molar-refractivity contribution in [1.29, 1.82) is 0 Å². The fourth-order valence-electron chi connectivity index (χ4n) is 4.39. The molecule has 0 amide bonds. The van der Waals surface area contributed by atoms with E-state index in [0.717, 1.165) is 28.5 Å². The Kier molecular flexibility index (Phi) is 8.78. The first-order valence-corrected chi connectivity index (χ1v) is 20.7. The molecule has 1 aliphatic heterocycles. The SMILES string of the molecule is CCC[CH2][Sn]([CH2]CCC)([CH2]CCC)[O]c1cc2c(cc1OC)-c1[se]nnc1C(C)(C)O2. The first-order valence-electron chi connectivity index (χ1n) is 11.8. The fraction of sp³-hybridized carbons (Fsp3) is 0.667. The van der Waals surface area contributed by atoms with Gasteiger partial charge in [0.2, 0.25) is 0 Å². The summed E-state index contributed by atoms with van der Waals surface area (Å²) in [5.41, 5.74) is 1.56. The Morgan fingerprint density at radius 2 is 1.58 bits per heavy atom. The number of nitrogens with zero attached hydrogens (tertiary/aromatic N) is 2. The maximum absolute atomic E-state index is 7.12. The maximum atomic E-state index is 7.12. The van der Waals surface area contributed by atoms with E-state index in [0.29, 0.717) is 0 Å². The minimum absolute atomic E-state index is 0.00904. The van der Waals surface area contributed by atoms with Crippen LogP contribution in [0.5, 0.6) is 17.2 Å². The van der Waals surface area contributed by atoms with E-state index in [2.05, 4.69) is 55.9 Å². The van der Waals surface area contributed by atoms with Crippen LogP contribution in [-0.2, 0) is 5.60 Å². The first kappa shape index (κ1) is 24.9. The van der Waals surface area contributed by atoms with Gasteiger partial charge in [-0.3, -0.25) is 0 Å². The van der Waals surface area contributed by atoms with Crippen LogP contribution in [0.15, 0.2) is 12.1 Å². The van der Waals surface area contributed by atoms with Crippen LogP contribution < -0.4 is 12.5 Å². The molecule has 0 saturated heterocycles. The molecule has 0 radical (unpaired) electrons. The molecule has 2 aromatic rings. The van der Waals surface area contributed by atoms with E-state index in [4.69, 9.17) is 12.5 Å². The van der Waals surface area contributed by atoms with Crippen LogP contribution >= 0.6 is 0 Å². The van der Waals surface area contributed by atoms with Crippen molar-refractivity contribution in [1.82, 2.24) is 9.19 Å². The molecule has 0 unspecified atom stereocenters. The van der Waals surface area contributed by atoms with E-state index in [9.17, 15) is 0 Å². The van der Waals surface area contributed by atoms with Crippen LogP contribution in [-0.4, -0.2) is 49.8 Å². The molecule has 0 bridgehead atoms. The zero-order chi connectivity index (χ0) is 22.5. The standard InChI is InChI=1S/C12H12N2O3Se.3C4H9.Sn/c1-12(2)11-10(18-14-13-11)6-4-9(16-3)7(15)5-8(6)17-12;3*1-3-4-2;/h4-5,15H,1-3H3;3*1,3-4H2,2H3;/q;;;;+1/p-1. The molecular formula is C24H38N2O3SeSn. The van der Waals surface area contributed by atoms with Crippen molar-refractivity contribution in [2.24, 2.45) is 0 Å². The van der Waals surface area contributed by atoms with Crippen molar-refractivity contribution in [2.45, 2.75) is 92.1 Å². The van der Waals surface area contributed by atoms with Crippen molar-refractivity contribution in [3.05, 3.63) is 17.8 Å². The average Bonchev–Trinajstić information content (AvgIpc) is 3.25. The summed E-state index contributed by atoms with van der Waals surface area (Å²) in [7, 11) is 1.74. The molecule has 0 N–H and O–H groups in total. The van der Waals surface area contributed by atoms with Crippen molar-refractivity contribution < 1.29 is 12.5 Å². The zero-order valence-electron chi connectivity index (χ0n) is 20.0. The van der Waals surface area contributed by atoms with Crippen molar-refractivity contribution in [3.8, 4) is 27.2 Å². The summed E-state index contributed by atoms with van der Waals surface area (Å²) in [6.07, 6.45) is 7.48. The molecule has 0 spiro atoms.